The largest absolute Gasteiger partial charge is 0.457 e. The summed E-state index contributed by atoms with van der Waals surface area (Å²) in [4.78, 5) is 13.9. The summed E-state index contributed by atoms with van der Waals surface area (Å²) in [5, 5.41) is 11.6. The average Bonchev–Trinajstić information content (AvgIpc) is 2.56. The van der Waals surface area contributed by atoms with E-state index in [9.17, 15) is 4.79 Å². The maximum atomic E-state index is 12.3. The summed E-state index contributed by atoms with van der Waals surface area (Å²) in [6.45, 7) is 0.149. The number of nitrogens with one attached hydrogen (secondary N) is 1. The van der Waals surface area contributed by atoms with E-state index in [0.29, 0.717) is 0 Å². The number of fused-ring (bicyclic) bond motifs is 2. The van der Waals surface area contributed by atoms with Gasteiger partial charge >= 0.3 is 6.03 Å². The zero-order valence-electron chi connectivity index (χ0n) is 12.3. The monoisotopic (exact) mass is 298 g/mol. The van der Waals surface area contributed by atoms with Gasteiger partial charge in [-0.25, -0.2) is 4.79 Å². The molecule has 3 rings (SSSR count). The Hall–Kier alpha value is -2.53. The Morgan fingerprint density at radius 1 is 1.14 bits per heavy atom. The number of nitrogens with zero attached hydrogens (tertiary/aromatic N) is 1. The molecule has 2 N–H and O–H groups in total. The van der Waals surface area contributed by atoms with Gasteiger partial charge in [0.25, 0.3) is 0 Å². The van der Waals surface area contributed by atoms with E-state index in [1.807, 2.05) is 48.5 Å². The molecular weight excluding hydrogens is 280 g/mol. The minimum atomic E-state index is -0.231. The molecule has 0 fully saturated rings. The molecule has 114 valence electrons. The van der Waals surface area contributed by atoms with Crippen molar-refractivity contribution in [2.45, 2.75) is 6.04 Å². The molecule has 2 amide bonds. The lowest BCUT2D eigenvalue weighted by Gasteiger charge is -2.34. The molecule has 1 heterocycles. The van der Waals surface area contributed by atoms with Gasteiger partial charge in [0.05, 0.1) is 12.6 Å². The Morgan fingerprint density at radius 2 is 1.68 bits per heavy atom. The highest BCUT2D eigenvalue weighted by molar-refractivity contribution is 5.75. The molecular formula is C17H18N2O3. The number of rotatable bonds is 3. The van der Waals surface area contributed by atoms with Gasteiger partial charge in [-0.2, -0.15) is 0 Å². The third-order valence-electron chi connectivity index (χ3n) is 3.74. The van der Waals surface area contributed by atoms with E-state index >= 15 is 0 Å². The van der Waals surface area contributed by atoms with Crippen LogP contribution < -0.4 is 10.1 Å². The van der Waals surface area contributed by atoms with Crippen molar-refractivity contribution >= 4 is 6.03 Å². The number of urea groups is 1. The van der Waals surface area contributed by atoms with Crippen LogP contribution >= 0.6 is 0 Å². The van der Waals surface area contributed by atoms with Gasteiger partial charge in [-0.3, -0.25) is 0 Å². The summed E-state index contributed by atoms with van der Waals surface area (Å²) in [6.07, 6.45) is 0. The second kappa shape index (κ2) is 6.07. The Morgan fingerprint density at radius 3 is 2.23 bits per heavy atom. The maximum absolute atomic E-state index is 12.3. The van der Waals surface area contributed by atoms with E-state index in [-0.39, 0.29) is 25.2 Å². The molecule has 5 heteroatoms. The summed E-state index contributed by atoms with van der Waals surface area (Å²) in [7, 11) is 1.75. The maximum Gasteiger partial charge on any atom is 0.318 e. The van der Waals surface area contributed by atoms with Crippen LogP contribution in [-0.2, 0) is 0 Å². The first kappa shape index (κ1) is 14.4. The average molecular weight is 298 g/mol. The quantitative estimate of drug-likeness (QED) is 0.915. The van der Waals surface area contributed by atoms with Crippen molar-refractivity contribution in [3.8, 4) is 11.5 Å². The molecule has 0 spiro atoms. The summed E-state index contributed by atoms with van der Waals surface area (Å²) in [6, 6.07) is 15.0. The second-order valence-electron chi connectivity index (χ2n) is 5.15. The van der Waals surface area contributed by atoms with Crippen molar-refractivity contribution in [2.24, 2.45) is 0 Å². The number of amides is 2. The van der Waals surface area contributed by atoms with Gasteiger partial charge in [0.1, 0.15) is 11.5 Å². The number of para-hydroxylation sites is 2. The zero-order chi connectivity index (χ0) is 15.5. The predicted octanol–water partition coefficient (Wildman–Crippen LogP) is 2.52. The van der Waals surface area contributed by atoms with Crippen molar-refractivity contribution in [3.05, 3.63) is 59.7 Å². The summed E-state index contributed by atoms with van der Waals surface area (Å²) in [5.41, 5.74) is 1.89. The van der Waals surface area contributed by atoms with E-state index in [1.165, 1.54) is 0 Å². The summed E-state index contributed by atoms with van der Waals surface area (Å²) >= 11 is 0. The molecule has 0 radical (unpaired) electrons. The highest BCUT2D eigenvalue weighted by Crippen LogP contribution is 2.44. The van der Waals surface area contributed by atoms with E-state index in [1.54, 1.807) is 11.9 Å². The zero-order valence-corrected chi connectivity index (χ0v) is 12.3. The lowest BCUT2D eigenvalue weighted by molar-refractivity contribution is 0.191. The van der Waals surface area contributed by atoms with Crippen molar-refractivity contribution < 1.29 is 14.6 Å². The molecule has 22 heavy (non-hydrogen) atoms. The number of aliphatic hydroxyl groups is 1. The Kier molecular flexibility index (Phi) is 3.98. The highest BCUT2D eigenvalue weighted by Gasteiger charge is 2.31. The van der Waals surface area contributed by atoms with Crippen LogP contribution in [0.25, 0.3) is 0 Å². The number of ether oxygens (including phenoxy) is 1. The van der Waals surface area contributed by atoms with Crippen molar-refractivity contribution in [2.75, 3.05) is 20.2 Å². The molecule has 1 aliphatic heterocycles. The lowest BCUT2D eigenvalue weighted by Crippen LogP contribution is -2.41. The normalized spacial score (nSPS) is 12.8. The fraction of sp³-hybridized carbons (Fsp3) is 0.235. The third kappa shape index (κ3) is 2.51. The van der Waals surface area contributed by atoms with Crippen LogP contribution in [0.2, 0.25) is 0 Å². The van der Waals surface area contributed by atoms with Crippen molar-refractivity contribution in [3.63, 3.8) is 0 Å². The standard InChI is InChI=1S/C17H18N2O3/c1-19(17(21)18-10-11-20)16-12-6-2-4-8-14(12)22-15-9-5-3-7-13(15)16/h2-9,16,20H,10-11H2,1H3,(H,18,21). The van der Waals surface area contributed by atoms with Gasteiger partial charge in [0.2, 0.25) is 0 Å². The second-order valence-corrected chi connectivity index (χ2v) is 5.15. The summed E-state index contributed by atoms with van der Waals surface area (Å²) in [5.74, 6) is 1.51. The molecule has 0 unspecified atom stereocenters. The Balaban J connectivity index is 2.01. The fourth-order valence-electron chi connectivity index (χ4n) is 2.71. The van der Waals surface area contributed by atoms with Gasteiger partial charge in [-0.1, -0.05) is 36.4 Å². The minimum absolute atomic E-state index is 0.0828. The first-order valence-corrected chi connectivity index (χ1v) is 7.19. The first-order chi connectivity index (χ1) is 10.7. The van der Waals surface area contributed by atoms with Crippen molar-refractivity contribution in [1.29, 1.82) is 0 Å². The van der Waals surface area contributed by atoms with Crippen LogP contribution in [0.3, 0.4) is 0 Å². The Bertz CT molecular complexity index is 642. The van der Waals surface area contributed by atoms with E-state index in [4.69, 9.17) is 9.84 Å². The number of hydrogen-bond acceptors (Lipinski definition) is 3. The van der Waals surface area contributed by atoms with E-state index < -0.39 is 0 Å². The number of carbonyl (C=O) groups excluding carboxylic acids is 1. The molecule has 0 saturated carbocycles. The molecule has 0 atom stereocenters. The topological polar surface area (TPSA) is 61.8 Å². The van der Waals surface area contributed by atoms with E-state index in [2.05, 4.69) is 5.32 Å². The highest BCUT2D eigenvalue weighted by atomic mass is 16.5. The summed E-state index contributed by atoms with van der Waals surface area (Å²) < 4.78 is 5.92. The molecule has 2 aromatic rings. The van der Waals surface area contributed by atoms with Crippen LogP contribution in [0.1, 0.15) is 17.2 Å². The van der Waals surface area contributed by atoms with Gasteiger partial charge < -0.3 is 20.1 Å². The third-order valence-corrected chi connectivity index (χ3v) is 3.74. The predicted molar refractivity (Wildman–Crippen MR) is 83.0 cm³/mol. The molecule has 1 aliphatic rings. The van der Waals surface area contributed by atoms with Crippen LogP contribution in [0.15, 0.2) is 48.5 Å². The van der Waals surface area contributed by atoms with Crippen LogP contribution in [0, 0.1) is 0 Å². The van der Waals surface area contributed by atoms with Crippen LogP contribution in [0.5, 0.6) is 11.5 Å². The molecule has 5 nitrogen and oxygen atoms in total. The molecule has 0 aliphatic carbocycles. The number of aliphatic hydroxyl groups excluding tert-OH is 1. The first-order valence-electron chi connectivity index (χ1n) is 7.19. The fourth-order valence-corrected chi connectivity index (χ4v) is 2.71. The molecule has 0 bridgehead atoms. The minimum Gasteiger partial charge on any atom is -0.457 e. The van der Waals surface area contributed by atoms with Crippen molar-refractivity contribution in [1.82, 2.24) is 10.2 Å². The molecule has 0 saturated heterocycles. The van der Waals surface area contributed by atoms with Crippen LogP contribution in [0.4, 0.5) is 4.79 Å². The van der Waals surface area contributed by atoms with Gasteiger partial charge in [-0.05, 0) is 12.1 Å². The molecule has 2 aromatic carbocycles. The Labute approximate surface area is 129 Å². The SMILES string of the molecule is CN(C(=O)NCCO)C1c2ccccc2Oc2ccccc21. The molecule has 0 aromatic heterocycles. The van der Waals surface area contributed by atoms with Crippen LogP contribution in [-0.4, -0.2) is 36.2 Å². The number of benzene rings is 2. The lowest BCUT2D eigenvalue weighted by atomic mass is 9.93. The number of hydrogen-bond donors (Lipinski definition) is 2. The van der Waals surface area contributed by atoms with E-state index in [0.717, 1.165) is 22.6 Å². The van der Waals surface area contributed by atoms with Gasteiger partial charge in [0, 0.05) is 24.7 Å². The van der Waals surface area contributed by atoms with Gasteiger partial charge in [0.15, 0.2) is 0 Å². The number of carbonyl (C=O) groups is 1. The van der Waals surface area contributed by atoms with Gasteiger partial charge in [-0.15, -0.1) is 0 Å². The smallest absolute Gasteiger partial charge is 0.318 e.